The molecule has 186 valence electrons. The zero-order valence-corrected chi connectivity index (χ0v) is 22.0. The first-order valence-electron chi connectivity index (χ1n) is 12.5. The maximum Gasteiger partial charge on any atom is 0.226 e. The Bertz CT molecular complexity index is 1200. The number of benzene rings is 1. The lowest BCUT2D eigenvalue weighted by Gasteiger charge is -2.33. The number of aromatic nitrogens is 2. The van der Waals surface area contributed by atoms with E-state index in [9.17, 15) is 4.79 Å². The monoisotopic (exact) mass is 493 g/mol. The first-order chi connectivity index (χ1) is 16.9. The van der Waals surface area contributed by atoms with E-state index in [1.807, 2.05) is 19.1 Å². The van der Waals surface area contributed by atoms with Gasteiger partial charge in [0.15, 0.2) is 0 Å². The number of hydrogen-bond donors (Lipinski definition) is 0. The van der Waals surface area contributed by atoms with Crippen molar-refractivity contribution in [2.75, 3.05) is 39.2 Å². The molecule has 2 aromatic heterocycles. The summed E-state index contributed by atoms with van der Waals surface area (Å²) in [5, 5.41) is 4.23. The van der Waals surface area contributed by atoms with E-state index < -0.39 is 0 Å². The second-order valence-electron chi connectivity index (χ2n) is 10.0. The SMILES string of the molecule is COc1ccc2cc(CN(C(=O)C3CCN(C)CC3)C3CC3)c(N(C)Cc3csc(C)n3)nc2c1. The van der Waals surface area contributed by atoms with E-state index in [2.05, 4.69) is 51.3 Å². The number of thiazole rings is 1. The molecular weight excluding hydrogens is 458 g/mol. The highest BCUT2D eigenvalue weighted by Gasteiger charge is 2.37. The van der Waals surface area contributed by atoms with E-state index in [0.717, 1.165) is 77.5 Å². The van der Waals surface area contributed by atoms with Crippen LogP contribution in [-0.4, -0.2) is 66.0 Å². The number of amides is 1. The highest BCUT2D eigenvalue weighted by Crippen LogP contribution is 2.34. The van der Waals surface area contributed by atoms with E-state index in [0.29, 0.717) is 25.0 Å². The Kier molecular flexibility index (Phi) is 6.93. The maximum atomic E-state index is 13.7. The quantitative estimate of drug-likeness (QED) is 0.461. The van der Waals surface area contributed by atoms with Gasteiger partial charge in [-0.3, -0.25) is 4.79 Å². The van der Waals surface area contributed by atoms with Crippen LogP contribution in [0.5, 0.6) is 5.75 Å². The van der Waals surface area contributed by atoms with Crippen LogP contribution in [0.25, 0.3) is 10.9 Å². The molecule has 0 N–H and O–H groups in total. The van der Waals surface area contributed by atoms with Gasteiger partial charge in [-0.25, -0.2) is 9.97 Å². The Morgan fingerprint density at radius 2 is 1.91 bits per heavy atom. The summed E-state index contributed by atoms with van der Waals surface area (Å²) in [6, 6.07) is 8.56. The number of likely N-dealkylation sites (tertiary alicyclic amines) is 1. The van der Waals surface area contributed by atoms with Crippen molar-refractivity contribution in [3.05, 3.63) is 45.9 Å². The maximum absolute atomic E-state index is 13.7. The summed E-state index contributed by atoms with van der Waals surface area (Å²) in [7, 11) is 5.88. The molecule has 1 aliphatic heterocycles. The Morgan fingerprint density at radius 3 is 2.57 bits per heavy atom. The number of pyridine rings is 1. The summed E-state index contributed by atoms with van der Waals surface area (Å²) in [5.74, 6) is 2.14. The molecular formula is C27H35N5O2S. The first kappa shape index (κ1) is 24.0. The second-order valence-corrected chi connectivity index (χ2v) is 11.1. The highest BCUT2D eigenvalue weighted by atomic mass is 32.1. The molecule has 35 heavy (non-hydrogen) atoms. The number of aryl methyl sites for hydroxylation is 1. The molecule has 8 heteroatoms. The summed E-state index contributed by atoms with van der Waals surface area (Å²) in [6.45, 7) is 5.29. The molecule has 5 rings (SSSR count). The third kappa shape index (κ3) is 5.43. The standard InChI is InChI=1S/C27H35N5O2S/c1-18-28-22(17-35-18)16-31(3)26-21(13-20-5-8-24(34-4)14-25(20)29-26)15-32(23-6-7-23)27(33)19-9-11-30(2)12-10-19/h5,8,13-14,17,19,23H,6-7,9-12,15-16H2,1-4H3. The summed E-state index contributed by atoms with van der Waals surface area (Å²) in [4.78, 5) is 30.0. The van der Waals surface area contributed by atoms with Crippen molar-refractivity contribution in [3.8, 4) is 5.75 Å². The Hall–Kier alpha value is -2.71. The lowest BCUT2D eigenvalue weighted by Crippen LogP contribution is -2.42. The zero-order chi connectivity index (χ0) is 24.5. The number of hydrogen-bond acceptors (Lipinski definition) is 7. The molecule has 2 aliphatic rings. The molecule has 0 radical (unpaired) electrons. The number of fused-ring (bicyclic) bond motifs is 1. The largest absolute Gasteiger partial charge is 0.497 e. The van der Waals surface area contributed by atoms with Gasteiger partial charge in [-0.2, -0.15) is 0 Å². The van der Waals surface area contributed by atoms with Crippen LogP contribution >= 0.6 is 11.3 Å². The molecule has 3 heterocycles. The number of ether oxygens (including phenoxy) is 1. The number of methoxy groups -OCH3 is 1. The molecule has 2 fully saturated rings. The van der Waals surface area contributed by atoms with Gasteiger partial charge < -0.3 is 19.4 Å². The lowest BCUT2D eigenvalue weighted by atomic mass is 9.95. The van der Waals surface area contributed by atoms with Crippen molar-refractivity contribution in [1.82, 2.24) is 19.8 Å². The van der Waals surface area contributed by atoms with Crippen LogP contribution in [0.3, 0.4) is 0 Å². The Morgan fingerprint density at radius 1 is 1.14 bits per heavy atom. The molecule has 0 bridgehead atoms. The van der Waals surface area contributed by atoms with Crippen LogP contribution in [0.4, 0.5) is 5.82 Å². The average molecular weight is 494 g/mol. The van der Waals surface area contributed by atoms with Gasteiger partial charge in [0.2, 0.25) is 5.91 Å². The molecule has 1 aliphatic carbocycles. The van der Waals surface area contributed by atoms with Gasteiger partial charge in [0.05, 0.1) is 29.9 Å². The van der Waals surface area contributed by atoms with Gasteiger partial charge in [-0.1, -0.05) is 0 Å². The molecule has 1 aromatic carbocycles. The van der Waals surface area contributed by atoms with Crippen molar-refractivity contribution >= 4 is 34.0 Å². The number of anilines is 1. The number of piperidine rings is 1. The van der Waals surface area contributed by atoms with Gasteiger partial charge in [-0.05, 0) is 70.9 Å². The minimum absolute atomic E-state index is 0.128. The number of carbonyl (C=O) groups excluding carboxylic acids is 1. The normalized spacial score (nSPS) is 17.0. The minimum Gasteiger partial charge on any atom is -0.497 e. The van der Waals surface area contributed by atoms with E-state index in [4.69, 9.17) is 9.72 Å². The number of rotatable bonds is 8. The smallest absolute Gasteiger partial charge is 0.226 e. The molecule has 7 nitrogen and oxygen atoms in total. The van der Waals surface area contributed by atoms with Gasteiger partial charge in [0.25, 0.3) is 0 Å². The number of nitrogens with zero attached hydrogens (tertiary/aromatic N) is 5. The fourth-order valence-electron chi connectivity index (χ4n) is 5.00. The van der Waals surface area contributed by atoms with E-state index >= 15 is 0 Å². The lowest BCUT2D eigenvalue weighted by molar-refractivity contribution is -0.138. The van der Waals surface area contributed by atoms with Crippen molar-refractivity contribution in [1.29, 1.82) is 0 Å². The van der Waals surface area contributed by atoms with E-state index in [-0.39, 0.29) is 5.92 Å². The molecule has 0 spiro atoms. The summed E-state index contributed by atoms with van der Waals surface area (Å²) in [6.07, 6.45) is 4.09. The van der Waals surface area contributed by atoms with E-state index in [1.54, 1.807) is 18.4 Å². The fourth-order valence-corrected chi connectivity index (χ4v) is 5.60. The Labute approximate surface area is 211 Å². The first-order valence-corrected chi connectivity index (χ1v) is 13.4. The van der Waals surface area contributed by atoms with Gasteiger partial charge in [0, 0.05) is 47.9 Å². The topological polar surface area (TPSA) is 61.8 Å². The average Bonchev–Trinajstić information content (AvgIpc) is 3.62. The van der Waals surface area contributed by atoms with Gasteiger partial charge in [-0.15, -0.1) is 11.3 Å². The van der Waals surface area contributed by atoms with Crippen LogP contribution in [0, 0.1) is 12.8 Å². The fraction of sp³-hybridized carbons (Fsp3) is 0.519. The van der Waals surface area contributed by atoms with Crippen molar-refractivity contribution in [2.45, 2.75) is 51.7 Å². The predicted molar refractivity (Wildman–Crippen MR) is 141 cm³/mol. The van der Waals surface area contributed by atoms with Crippen LogP contribution in [0.2, 0.25) is 0 Å². The third-order valence-corrected chi connectivity index (χ3v) is 8.01. The minimum atomic E-state index is 0.128. The van der Waals surface area contributed by atoms with Crippen molar-refractivity contribution in [2.24, 2.45) is 5.92 Å². The molecule has 1 saturated heterocycles. The second kappa shape index (κ2) is 10.1. The number of carbonyl (C=O) groups is 1. The molecule has 0 unspecified atom stereocenters. The van der Waals surface area contributed by atoms with Crippen molar-refractivity contribution < 1.29 is 9.53 Å². The van der Waals surface area contributed by atoms with E-state index in [1.165, 1.54) is 0 Å². The van der Waals surface area contributed by atoms with Crippen LogP contribution in [0.15, 0.2) is 29.6 Å². The molecule has 1 saturated carbocycles. The summed E-state index contributed by atoms with van der Waals surface area (Å²) in [5.41, 5.74) is 3.02. The van der Waals surface area contributed by atoms with Crippen LogP contribution in [0.1, 0.15) is 41.9 Å². The predicted octanol–water partition coefficient (Wildman–Crippen LogP) is 4.48. The Balaban J connectivity index is 1.47. The van der Waals surface area contributed by atoms with Crippen LogP contribution < -0.4 is 9.64 Å². The summed E-state index contributed by atoms with van der Waals surface area (Å²) < 4.78 is 5.44. The zero-order valence-electron chi connectivity index (χ0n) is 21.2. The molecule has 0 atom stereocenters. The van der Waals surface area contributed by atoms with Crippen molar-refractivity contribution in [3.63, 3.8) is 0 Å². The molecule has 3 aromatic rings. The van der Waals surface area contributed by atoms with Gasteiger partial charge in [0.1, 0.15) is 11.6 Å². The molecule has 1 amide bonds. The van der Waals surface area contributed by atoms with Crippen LogP contribution in [-0.2, 0) is 17.9 Å². The third-order valence-electron chi connectivity index (χ3n) is 7.19. The summed E-state index contributed by atoms with van der Waals surface area (Å²) >= 11 is 1.66. The van der Waals surface area contributed by atoms with Gasteiger partial charge >= 0.3 is 0 Å². The highest BCUT2D eigenvalue weighted by molar-refractivity contribution is 7.09.